The number of guanidine groups is 1. The number of hydrogen-bond donors (Lipinski definition) is 3. The van der Waals surface area contributed by atoms with Gasteiger partial charge in [-0.3, -0.25) is 15.1 Å². The monoisotopic (exact) mass is 368 g/mol. The van der Waals surface area contributed by atoms with Gasteiger partial charge in [-0.1, -0.05) is 30.3 Å². The smallest absolute Gasteiger partial charge is 0.239 e. The summed E-state index contributed by atoms with van der Waals surface area (Å²) in [5, 5.41) is 12.0. The maximum absolute atomic E-state index is 13.2. The van der Waals surface area contributed by atoms with E-state index in [2.05, 4.69) is 31.4 Å². The molecule has 3 atom stereocenters. The number of carbonyl (C=O) groups is 1. The number of nitrogens with zero attached hydrogens (tertiary/aromatic N) is 1. The molecule has 3 aliphatic rings. The van der Waals surface area contributed by atoms with Crippen LogP contribution in [0.25, 0.3) is 0 Å². The number of hydrogen-bond acceptors (Lipinski definition) is 4. The predicted octanol–water partition coefficient (Wildman–Crippen LogP) is 1.45. The van der Waals surface area contributed by atoms with Crippen molar-refractivity contribution in [2.24, 2.45) is 5.73 Å². The number of carbonyl (C=O) groups excluding carboxylic acids is 1. The van der Waals surface area contributed by atoms with Crippen LogP contribution in [0.5, 0.6) is 0 Å². The molecule has 1 saturated heterocycles. The van der Waals surface area contributed by atoms with Crippen molar-refractivity contribution in [1.82, 2.24) is 10.2 Å². The van der Waals surface area contributed by atoms with Crippen LogP contribution in [-0.4, -0.2) is 42.3 Å². The normalized spacial score (nSPS) is 33.0. The summed E-state index contributed by atoms with van der Waals surface area (Å²) in [6.45, 7) is 2.05. The van der Waals surface area contributed by atoms with Gasteiger partial charge >= 0.3 is 0 Å². The second-order valence-corrected chi connectivity index (χ2v) is 9.50. The molecule has 0 bridgehead atoms. The number of allylic oxidation sites excluding steroid dienone is 1. The van der Waals surface area contributed by atoms with Crippen LogP contribution in [0, 0.1) is 5.41 Å². The minimum atomic E-state index is -0.600. The van der Waals surface area contributed by atoms with E-state index in [0.717, 1.165) is 35.3 Å². The molecule has 2 aliphatic heterocycles. The van der Waals surface area contributed by atoms with Crippen molar-refractivity contribution in [3.63, 3.8) is 0 Å². The van der Waals surface area contributed by atoms with Crippen molar-refractivity contribution in [1.29, 1.82) is 5.41 Å². The van der Waals surface area contributed by atoms with E-state index in [-0.39, 0.29) is 23.3 Å². The van der Waals surface area contributed by atoms with Gasteiger partial charge in [0.1, 0.15) is 7.85 Å². The molecule has 1 aromatic rings. The van der Waals surface area contributed by atoms with E-state index >= 15 is 0 Å². The number of amides is 1. The molecule has 1 saturated carbocycles. The fourth-order valence-electron chi connectivity index (χ4n) is 3.98. The first-order chi connectivity index (χ1) is 12.2. The van der Waals surface area contributed by atoms with Gasteiger partial charge in [0.25, 0.3) is 0 Å². The maximum Gasteiger partial charge on any atom is 0.239 e. The van der Waals surface area contributed by atoms with E-state index in [1.807, 2.05) is 19.1 Å². The maximum atomic E-state index is 13.2. The highest BCUT2D eigenvalue weighted by molar-refractivity contribution is 8.05. The molecule has 0 aromatic heterocycles. The highest BCUT2D eigenvalue weighted by Gasteiger charge is 2.50. The zero-order chi connectivity index (χ0) is 18.7. The molecule has 2 heterocycles. The van der Waals surface area contributed by atoms with E-state index in [1.54, 1.807) is 18.8 Å². The zero-order valence-electron chi connectivity index (χ0n) is 15.5. The molecular formula is C19H25BN4OS. The molecule has 2 fully saturated rings. The first-order valence-corrected chi connectivity index (χ1v) is 10.0. The van der Waals surface area contributed by atoms with Gasteiger partial charge in [0, 0.05) is 17.5 Å². The molecule has 1 aliphatic carbocycles. The van der Waals surface area contributed by atoms with Gasteiger partial charge in [-0.05, 0) is 42.5 Å². The number of rotatable bonds is 3. The molecule has 4 N–H and O–H groups in total. The highest BCUT2D eigenvalue weighted by Crippen LogP contribution is 2.47. The van der Waals surface area contributed by atoms with Gasteiger partial charge in [0.05, 0.1) is 11.5 Å². The molecular weight excluding hydrogens is 343 g/mol. The largest absolute Gasteiger partial charge is 0.345 e. The van der Waals surface area contributed by atoms with Crippen LogP contribution in [0.3, 0.4) is 0 Å². The van der Waals surface area contributed by atoms with Crippen LogP contribution in [-0.2, 0) is 10.3 Å². The molecule has 26 heavy (non-hydrogen) atoms. The van der Waals surface area contributed by atoms with E-state index in [4.69, 9.17) is 11.1 Å². The summed E-state index contributed by atoms with van der Waals surface area (Å²) in [6, 6.07) is 8.21. The standard InChI is InChI=1S/C19H25BN4OS/c1-18(13-7-8-14(20)26-13)15(16(25)24(2)17(21)23-18)11-3-5-12(6-4-11)19(22)9-10-19/h3-7,14-15H,8-10,20,22H2,1-2H3,(H2,21,23)/t14?,15-,18+/m0/s1. The molecule has 7 heteroatoms. The third-order valence-electron chi connectivity index (χ3n) is 5.95. The fraction of sp³-hybridized carbons (Fsp3) is 0.474. The lowest BCUT2D eigenvalue weighted by molar-refractivity contribution is -0.130. The SMILES string of the molecule is BC1CC=C([C@@]2(C)NC(=N)N(C)C(=O)[C@@H]2c2ccc(C3(N)CC3)cc2)S1. The van der Waals surface area contributed by atoms with Crippen molar-refractivity contribution >= 4 is 31.5 Å². The lowest BCUT2D eigenvalue weighted by atomic mass is 9.77. The Bertz CT molecular complexity index is 804. The van der Waals surface area contributed by atoms with E-state index < -0.39 is 5.54 Å². The van der Waals surface area contributed by atoms with Crippen LogP contribution in [0.4, 0.5) is 0 Å². The van der Waals surface area contributed by atoms with Crippen LogP contribution in [0.1, 0.15) is 43.2 Å². The van der Waals surface area contributed by atoms with Crippen molar-refractivity contribution in [2.75, 3.05) is 7.05 Å². The van der Waals surface area contributed by atoms with Crippen molar-refractivity contribution in [3.05, 3.63) is 46.4 Å². The Morgan fingerprint density at radius 3 is 2.54 bits per heavy atom. The number of benzene rings is 1. The molecule has 1 aromatic carbocycles. The molecule has 0 spiro atoms. The molecule has 136 valence electrons. The third-order valence-corrected chi connectivity index (χ3v) is 7.39. The lowest BCUT2D eigenvalue weighted by Gasteiger charge is -2.46. The summed E-state index contributed by atoms with van der Waals surface area (Å²) >= 11 is 1.80. The number of thioether (sulfide) groups is 1. The number of nitrogens with two attached hydrogens (primary N) is 1. The highest BCUT2D eigenvalue weighted by atomic mass is 32.2. The molecule has 4 rings (SSSR count). The van der Waals surface area contributed by atoms with Gasteiger partial charge in [-0.25, -0.2) is 0 Å². The fourth-order valence-corrected chi connectivity index (χ4v) is 5.22. The Hall–Kier alpha value is -1.73. The van der Waals surface area contributed by atoms with E-state index in [1.165, 1.54) is 4.90 Å². The molecule has 1 unspecified atom stereocenters. The third kappa shape index (κ3) is 2.69. The predicted molar refractivity (Wildman–Crippen MR) is 109 cm³/mol. The van der Waals surface area contributed by atoms with Crippen molar-refractivity contribution < 1.29 is 4.79 Å². The first kappa shape index (κ1) is 17.7. The van der Waals surface area contributed by atoms with Gasteiger partial charge in [0.2, 0.25) is 5.91 Å². The van der Waals surface area contributed by atoms with Crippen LogP contribution < -0.4 is 11.1 Å². The van der Waals surface area contributed by atoms with Gasteiger partial charge < -0.3 is 11.1 Å². The van der Waals surface area contributed by atoms with E-state index in [9.17, 15) is 4.79 Å². The van der Waals surface area contributed by atoms with Gasteiger partial charge in [-0.15, -0.1) is 11.8 Å². The Kier molecular flexibility index (Phi) is 4.01. The Morgan fingerprint density at radius 2 is 2.00 bits per heavy atom. The van der Waals surface area contributed by atoms with Crippen molar-refractivity contribution in [3.8, 4) is 0 Å². The summed E-state index contributed by atoms with van der Waals surface area (Å²) in [4.78, 5) is 15.7. The molecule has 0 radical (unpaired) electrons. The summed E-state index contributed by atoms with van der Waals surface area (Å²) in [5.41, 5.74) is 7.65. The number of nitrogens with one attached hydrogen (secondary N) is 2. The molecule has 1 amide bonds. The summed E-state index contributed by atoms with van der Waals surface area (Å²) in [6.07, 6.45) is 5.26. The first-order valence-electron chi connectivity index (χ1n) is 9.15. The second kappa shape index (κ2) is 5.89. The van der Waals surface area contributed by atoms with Crippen LogP contribution in [0.2, 0.25) is 0 Å². The summed E-state index contributed by atoms with van der Waals surface area (Å²) in [7, 11) is 3.86. The second-order valence-electron chi connectivity index (χ2n) is 8.02. The quantitative estimate of drug-likeness (QED) is 0.706. The Morgan fingerprint density at radius 1 is 1.35 bits per heavy atom. The van der Waals surface area contributed by atoms with Crippen LogP contribution >= 0.6 is 11.8 Å². The molecule has 5 nitrogen and oxygen atoms in total. The van der Waals surface area contributed by atoms with E-state index in [0.29, 0.717) is 5.15 Å². The summed E-state index contributed by atoms with van der Waals surface area (Å²) in [5.74, 6) is -0.253. The topological polar surface area (TPSA) is 82.2 Å². The van der Waals surface area contributed by atoms with Crippen molar-refractivity contribution in [2.45, 2.75) is 48.3 Å². The minimum Gasteiger partial charge on any atom is -0.345 e. The average molecular weight is 368 g/mol. The lowest BCUT2D eigenvalue weighted by Crippen LogP contribution is -2.64. The zero-order valence-corrected chi connectivity index (χ0v) is 16.3. The van der Waals surface area contributed by atoms with Gasteiger partial charge in [-0.2, -0.15) is 0 Å². The Balaban J connectivity index is 1.74. The van der Waals surface area contributed by atoms with Gasteiger partial charge in [0.15, 0.2) is 5.96 Å². The minimum absolute atomic E-state index is 0.0427. The number of likely N-dealkylation sites (N-methyl/N-ethyl adjacent to an activating group) is 1. The van der Waals surface area contributed by atoms with Crippen LogP contribution in [0.15, 0.2) is 35.2 Å². The average Bonchev–Trinajstić information content (AvgIpc) is 3.20. The summed E-state index contributed by atoms with van der Waals surface area (Å²) < 4.78 is 0. The Labute approximate surface area is 159 Å².